The summed E-state index contributed by atoms with van der Waals surface area (Å²) >= 11 is 1.16. The van der Waals surface area contributed by atoms with Gasteiger partial charge in [-0.25, -0.2) is 4.79 Å². The zero-order valence-corrected chi connectivity index (χ0v) is 13.7. The second kappa shape index (κ2) is 5.93. The number of aromatic amines is 1. The van der Waals surface area contributed by atoms with Gasteiger partial charge in [0.05, 0.1) is 29.7 Å². The maximum atomic E-state index is 12.3. The minimum atomic E-state index is -0.389. The number of H-pyrrole nitrogens is 1. The van der Waals surface area contributed by atoms with E-state index in [-0.39, 0.29) is 5.97 Å². The van der Waals surface area contributed by atoms with Crippen LogP contribution in [0.15, 0.2) is 42.5 Å². The van der Waals surface area contributed by atoms with Crippen LogP contribution in [0.4, 0.5) is 11.4 Å². The van der Waals surface area contributed by atoms with Crippen LogP contribution in [0.1, 0.15) is 17.4 Å². The van der Waals surface area contributed by atoms with Gasteiger partial charge in [0.1, 0.15) is 16.7 Å². The summed E-state index contributed by atoms with van der Waals surface area (Å²) in [5.41, 5.74) is 4.36. The minimum Gasteiger partial charge on any atom is -0.461 e. The molecule has 0 bridgehead atoms. The maximum absolute atomic E-state index is 12.3. The van der Waals surface area contributed by atoms with Crippen molar-refractivity contribution in [1.29, 1.82) is 0 Å². The summed E-state index contributed by atoms with van der Waals surface area (Å²) in [5.74, 6) is -0.389. The van der Waals surface area contributed by atoms with Gasteiger partial charge in [-0.3, -0.25) is 0 Å². The Bertz CT molecular complexity index is 1040. The van der Waals surface area contributed by atoms with Crippen molar-refractivity contribution in [1.82, 2.24) is 13.7 Å². The monoisotopic (exact) mass is 338 g/mol. The van der Waals surface area contributed by atoms with E-state index in [9.17, 15) is 4.79 Å². The number of benzene rings is 2. The van der Waals surface area contributed by atoms with E-state index in [1.54, 1.807) is 6.92 Å². The molecular weight excluding hydrogens is 324 g/mol. The van der Waals surface area contributed by atoms with Gasteiger partial charge in [-0.05, 0) is 25.1 Å². The number of rotatable bonds is 4. The predicted molar refractivity (Wildman–Crippen MR) is 95.0 cm³/mol. The van der Waals surface area contributed by atoms with Gasteiger partial charge in [-0.1, -0.05) is 24.3 Å². The van der Waals surface area contributed by atoms with Gasteiger partial charge in [-0.15, -0.1) is 0 Å². The fraction of sp³-hybridized carbons (Fsp3) is 0.118. The number of carbonyl (C=O) groups is 1. The smallest absolute Gasteiger partial charge is 0.356 e. The number of nitrogens with one attached hydrogen (secondary N) is 2. The molecular formula is C17H14N4O2S. The van der Waals surface area contributed by atoms with Crippen LogP contribution in [0.5, 0.6) is 0 Å². The number of anilines is 2. The van der Waals surface area contributed by atoms with Crippen LogP contribution in [0.3, 0.4) is 0 Å². The second-order valence-electron chi connectivity index (χ2n) is 5.20. The quantitative estimate of drug-likeness (QED) is 0.548. The summed E-state index contributed by atoms with van der Waals surface area (Å²) < 4.78 is 13.8. The predicted octanol–water partition coefficient (Wildman–Crippen LogP) is 4.09. The molecule has 4 aromatic rings. The zero-order valence-electron chi connectivity index (χ0n) is 12.9. The van der Waals surface area contributed by atoms with Crippen LogP contribution in [-0.2, 0) is 4.74 Å². The average molecular weight is 338 g/mol. The topological polar surface area (TPSA) is 79.9 Å². The summed E-state index contributed by atoms with van der Waals surface area (Å²) in [6.07, 6.45) is 0. The Balaban J connectivity index is 1.87. The largest absolute Gasteiger partial charge is 0.461 e. The number of carbonyl (C=O) groups excluding carboxylic acids is 1. The first kappa shape index (κ1) is 14.6. The molecule has 0 unspecified atom stereocenters. The molecule has 0 aliphatic rings. The van der Waals surface area contributed by atoms with Gasteiger partial charge in [0.25, 0.3) is 0 Å². The third-order valence-corrected chi connectivity index (χ3v) is 4.27. The number of esters is 1. The van der Waals surface area contributed by atoms with E-state index in [1.807, 2.05) is 42.5 Å². The molecule has 4 rings (SSSR count). The Morgan fingerprint density at radius 1 is 1.21 bits per heavy atom. The van der Waals surface area contributed by atoms with Crippen LogP contribution >= 0.6 is 11.7 Å². The molecule has 120 valence electrons. The number of aromatic nitrogens is 3. The Morgan fingerprint density at radius 3 is 2.96 bits per heavy atom. The molecule has 24 heavy (non-hydrogen) atoms. The highest BCUT2D eigenvalue weighted by Gasteiger charge is 2.19. The highest BCUT2D eigenvalue weighted by atomic mass is 32.1. The lowest BCUT2D eigenvalue weighted by atomic mass is 10.2. The van der Waals surface area contributed by atoms with Crippen LogP contribution < -0.4 is 5.32 Å². The maximum Gasteiger partial charge on any atom is 0.356 e. The summed E-state index contributed by atoms with van der Waals surface area (Å²) in [5, 5.41) is 4.25. The van der Waals surface area contributed by atoms with Crippen molar-refractivity contribution in [3.63, 3.8) is 0 Å². The first-order valence-corrected chi connectivity index (χ1v) is 8.27. The van der Waals surface area contributed by atoms with Crippen LogP contribution in [-0.4, -0.2) is 26.3 Å². The molecule has 2 heterocycles. The number of hydrogen-bond donors (Lipinski definition) is 2. The summed E-state index contributed by atoms with van der Waals surface area (Å²) in [4.78, 5) is 15.5. The highest BCUT2D eigenvalue weighted by molar-refractivity contribution is 7.00. The van der Waals surface area contributed by atoms with E-state index in [0.29, 0.717) is 18.0 Å². The van der Waals surface area contributed by atoms with Crippen molar-refractivity contribution in [2.45, 2.75) is 6.92 Å². The first-order valence-electron chi connectivity index (χ1n) is 7.54. The number of para-hydroxylation sites is 1. The number of nitrogens with zero attached hydrogens (tertiary/aromatic N) is 2. The standard InChI is InChI=1S/C17H14N4O2S/c1-2-23-17(22)16-14(10-6-3-4-7-11(10)18-16)19-12-8-5-9-13-15(12)21-24-20-13/h3-9,18-19H,2H2,1H3. The lowest BCUT2D eigenvalue weighted by molar-refractivity contribution is 0.0522. The molecule has 0 atom stereocenters. The molecule has 6 nitrogen and oxygen atoms in total. The number of ether oxygens (including phenoxy) is 1. The SMILES string of the molecule is CCOC(=O)c1[nH]c2ccccc2c1Nc1cccc2nsnc12. The molecule has 0 spiro atoms. The summed E-state index contributed by atoms with van der Waals surface area (Å²) in [6, 6.07) is 13.5. The van der Waals surface area contributed by atoms with E-state index in [1.165, 1.54) is 0 Å². The lowest BCUT2D eigenvalue weighted by Gasteiger charge is -2.08. The van der Waals surface area contributed by atoms with Crippen molar-refractivity contribution in [2.24, 2.45) is 0 Å². The van der Waals surface area contributed by atoms with Gasteiger partial charge >= 0.3 is 5.97 Å². The average Bonchev–Trinajstić information content (AvgIpc) is 3.21. The van der Waals surface area contributed by atoms with E-state index in [0.717, 1.165) is 39.4 Å². The molecule has 0 saturated heterocycles. The molecule has 7 heteroatoms. The van der Waals surface area contributed by atoms with Crippen molar-refractivity contribution in [3.8, 4) is 0 Å². The molecule has 2 aromatic heterocycles. The third-order valence-electron chi connectivity index (χ3n) is 3.73. The number of hydrogen-bond acceptors (Lipinski definition) is 6. The normalized spacial score (nSPS) is 11.0. The number of fused-ring (bicyclic) bond motifs is 2. The van der Waals surface area contributed by atoms with Gasteiger partial charge in [0.15, 0.2) is 0 Å². The molecule has 0 radical (unpaired) electrons. The minimum absolute atomic E-state index is 0.319. The van der Waals surface area contributed by atoms with Crippen molar-refractivity contribution < 1.29 is 9.53 Å². The lowest BCUT2D eigenvalue weighted by Crippen LogP contribution is -2.07. The first-order chi connectivity index (χ1) is 11.8. The summed E-state index contributed by atoms with van der Waals surface area (Å²) in [7, 11) is 0. The Kier molecular flexibility index (Phi) is 3.62. The van der Waals surface area contributed by atoms with Gasteiger partial charge in [0, 0.05) is 10.9 Å². The van der Waals surface area contributed by atoms with Crippen LogP contribution in [0, 0.1) is 0 Å². The zero-order chi connectivity index (χ0) is 16.5. The van der Waals surface area contributed by atoms with Crippen LogP contribution in [0.2, 0.25) is 0 Å². The molecule has 0 saturated carbocycles. The summed E-state index contributed by atoms with van der Waals surface area (Å²) in [6.45, 7) is 2.11. The van der Waals surface area contributed by atoms with Gasteiger partial charge < -0.3 is 15.0 Å². The molecule has 0 aliphatic carbocycles. The van der Waals surface area contributed by atoms with Crippen LogP contribution in [0.25, 0.3) is 21.9 Å². The van der Waals surface area contributed by atoms with Crippen molar-refractivity contribution in [3.05, 3.63) is 48.2 Å². The van der Waals surface area contributed by atoms with Gasteiger partial charge in [-0.2, -0.15) is 8.75 Å². The molecule has 0 aliphatic heterocycles. The van der Waals surface area contributed by atoms with E-state index < -0.39 is 0 Å². The van der Waals surface area contributed by atoms with E-state index in [4.69, 9.17) is 4.74 Å². The second-order valence-corrected chi connectivity index (χ2v) is 5.73. The molecule has 0 fully saturated rings. The fourth-order valence-corrected chi connectivity index (χ4v) is 3.22. The van der Waals surface area contributed by atoms with Gasteiger partial charge in [0.2, 0.25) is 0 Å². The van der Waals surface area contributed by atoms with E-state index in [2.05, 4.69) is 19.0 Å². The molecule has 0 amide bonds. The van der Waals surface area contributed by atoms with E-state index >= 15 is 0 Å². The van der Waals surface area contributed by atoms with Crippen molar-refractivity contribution >= 4 is 51.0 Å². The van der Waals surface area contributed by atoms with Crippen molar-refractivity contribution in [2.75, 3.05) is 11.9 Å². The Labute approximate surface area is 141 Å². The third kappa shape index (κ3) is 2.39. The Hall–Kier alpha value is -2.93. The highest BCUT2D eigenvalue weighted by Crippen LogP contribution is 2.33. The fourth-order valence-electron chi connectivity index (χ4n) is 2.67. The Morgan fingerprint density at radius 2 is 2.08 bits per heavy atom. The molecule has 2 aromatic carbocycles. The molecule has 2 N–H and O–H groups in total.